The predicted octanol–water partition coefficient (Wildman–Crippen LogP) is 1.23. The maximum Gasteiger partial charge on any atom is 0.303 e. The van der Waals surface area contributed by atoms with Gasteiger partial charge >= 0.3 is 5.97 Å². The van der Waals surface area contributed by atoms with E-state index in [1.54, 1.807) is 0 Å². The lowest BCUT2D eigenvalue weighted by molar-refractivity contribution is -0.137. The highest BCUT2D eigenvalue weighted by molar-refractivity contribution is 5.66. The first-order valence-corrected chi connectivity index (χ1v) is 4.64. The van der Waals surface area contributed by atoms with E-state index >= 15 is 0 Å². The number of aliphatic carboxylic acids is 1. The Bertz CT molecular complexity index is 153. The van der Waals surface area contributed by atoms with Gasteiger partial charge in [0.1, 0.15) is 0 Å². The van der Waals surface area contributed by atoms with Crippen molar-refractivity contribution < 1.29 is 9.90 Å². The molecule has 0 heterocycles. The van der Waals surface area contributed by atoms with Crippen molar-refractivity contribution in [2.24, 2.45) is 17.6 Å². The van der Waals surface area contributed by atoms with Gasteiger partial charge in [0, 0.05) is 6.42 Å². The maximum absolute atomic E-state index is 10.2. The average molecular weight is 171 g/mol. The first-order chi connectivity index (χ1) is 5.72. The minimum atomic E-state index is -0.676. The normalized spacial score (nSPS) is 28.1. The minimum Gasteiger partial charge on any atom is -0.481 e. The smallest absolute Gasteiger partial charge is 0.303 e. The number of carboxylic acids is 1. The molecule has 1 fully saturated rings. The van der Waals surface area contributed by atoms with Gasteiger partial charge in [0.05, 0.1) is 0 Å². The molecule has 1 rings (SSSR count). The molecule has 0 aliphatic heterocycles. The zero-order chi connectivity index (χ0) is 8.97. The van der Waals surface area contributed by atoms with Crippen LogP contribution in [-0.2, 0) is 4.79 Å². The summed E-state index contributed by atoms with van der Waals surface area (Å²) in [6, 6.07) is 0. The van der Waals surface area contributed by atoms with Crippen LogP contribution in [0, 0.1) is 11.8 Å². The van der Waals surface area contributed by atoms with Gasteiger partial charge in [-0.15, -0.1) is 0 Å². The van der Waals surface area contributed by atoms with Gasteiger partial charge in [0.2, 0.25) is 0 Å². The summed E-state index contributed by atoms with van der Waals surface area (Å²) in [6.45, 7) is 0.801. The van der Waals surface area contributed by atoms with Crippen molar-refractivity contribution in [1.29, 1.82) is 0 Å². The van der Waals surface area contributed by atoms with E-state index in [4.69, 9.17) is 10.8 Å². The van der Waals surface area contributed by atoms with Gasteiger partial charge in [-0.3, -0.25) is 4.79 Å². The van der Waals surface area contributed by atoms with Crippen LogP contribution in [-0.4, -0.2) is 17.6 Å². The summed E-state index contributed by atoms with van der Waals surface area (Å²) in [7, 11) is 0. The monoisotopic (exact) mass is 171 g/mol. The van der Waals surface area contributed by atoms with E-state index in [1.807, 2.05) is 0 Å². The molecule has 0 bridgehead atoms. The fourth-order valence-corrected chi connectivity index (χ4v) is 1.84. The molecule has 0 aromatic rings. The number of carbonyl (C=O) groups is 1. The summed E-state index contributed by atoms with van der Waals surface area (Å²) >= 11 is 0. The lowest BCUT2D eigenvalue weighted by Gasteiger charge is -2.34. The molecule has 0 unspecified atom stereocenters. The third-order valence-electron chi connectivity index (χ3n) is 2.67. The number of nitrogens with two attached hydrogens (primary N) is 1. The van der Waals surface area contributed by atoms with Crippen LogP contribution in [0.2, 0.25) is 0 Å². The van der Waals surface area contributed by atoms with Gasteiger partial charge in [-0.1, -0.05) is 0 Å². The molecule has 1 saturated carbocycles. The summed E-state index contributed by atoms with van der Waals surface area (Å²) in [5.41, 5.74) is 5.48. The molecule has 0 atom stereocenters. The molecule has 3 nitrogen and oxygen atoms in total. The van der Waals surface area contributed by atoms with E-state index in [0.29, 0.717) is 6.42 Å². The highest BCUT2D eigenvalue weighted by atomic mass is 16.4. The summed E-state index contributed by atoms with van der Waals surface area (Å²) in [5, 5.41) is 8.40. The van der Waals surface area contributed by atoms with E-state index in [1.165, 1.54) is 12.8 Å². The molecule has 0 aromatic heterocycles. The Kier molecular flexibility index (Phi) is 3.53. The second-order valence-electron chi connectivity index (χ2n) is 3.73. The molecule has 0 radical (unpaired) electrons. The van der Waals surface area contributed by atoms with Gasteiger partial charge in [0.15, 0.2) is 0 Å². The number of hydrogen-bond acceptors (Lipinski definition) is 2. The first kappa shape index (κ1) is 9.52. The summed E-state index contributed by atoms with van der Waals surface area (Å²) < 4.78 is 0. The first-order valence-electron chi connectivity index (χ1n) is 4.64. The van der Waals surface area contributed by atoms with Crippen LogP contribution in [0.4, 0.5) is 0 Å². The molecule has 70 valence electrons. The van der Waals surface area contributed by atoms with E-state index < -0.39 is 5.97 Å². The van der Waals surface area contributed by atoms with Crippen molar-refractivity contribution in [2.75, 3.05) is 6.54 Å². The SMILES string of the molecule is NCC1CC(CCCC(=O)O)C1. The Balaban J connectivity index is 1.93. The topological polar surface area (TPSA) is 63.3 Å². The van der Waals surface area contributed by atoms with Crippen LogP contribution in [0.25, 0.3) is 0 Å². The molecule has 1 aliphatic rings. The summed E-state index contributed by atoms with van der Waals surface area (Å²) in [6.07, 6.45) is 4.66. The van der Waals surface area contributed by atoms with Crippen LogP contribution in [0.3, 0.4) is 0 Å². The summed E-state index contributed by atoms with van der Waals surface area (Å²) in [4.78, 5) is 10.2. The Labute approximate surface area is 72.9 Å². The fraction of sp³-hybridized carbons (Fsp3) is 0.889. The number of rotatable bonds is 5. The van der Waals surface area contributed by atoms with Crippen molar-refractivity contribution in [3.63, 3.8) is 0 Å². The fourth-order valence-electron chi connectivity index (χ4n) is 1.84. The third-order valence-corrected chi connectivity index (χ3v) is 2.67. The van der Waals surface area contributed by atoms with Crippen LogP contribution < -0.4 is 5.73 Å². The lowest BCUT2D eigenvalue weighted by atomic mass is 9.73. The van der Waals surface area contributed by atoms with Crippen molar-refractivity contribution in [1.82, 2.24) is 0 Å². The zero-order valence-electron chi connectivity index (χ0n) is 7.33. The molecule has 0 amide bonds. The van der Waals surface area contributed by atoms with Gasteiger partial charge in [-0.05, 0) is 44.1 Å². The van der Waals surface area contributed by atoms with Crippen molar-refractivity contribution in [3.05, 3.63) is 0 Å². The Hall–Kier alpha value is -0.570. The quantitative estimate of drug-likeness (QED) is 0.653. The standard InChI is InChI=1S/C9H17NO2/c10-6-8-4-7(5-8)2-1-3-9(11)12/h7-8H,1-6,10H2,(H,11,12). The zero-order valence-corrected chi connectivity index (χ0v) is 7.33. The molecule has 1 aliphatic carbocycles. The molecule has 12 heavy (non-hydrogen) atoms. The second kappa shape index (κ2) is 4.45. The molecule has 0 saturated heterocycles. The Morgan fingerprint density at radius 2 is 2.08 bits per heavy atom. The maximum atomic E-state index is 10.2. The third kappa shape index (κ3) is 2.81. The molecule has 3 heteroatoms. The van der Waals surface area contributed by atoms with E-state index in [2.05, 4.69) is 0 Å². The molecule has 0 aromatic carbocycles. The van der Waals surface area contributed by atoms with Crippen molar-refractivity contribution >= 4 is 5.97 Å². The van der Waals surface area contributed by atoms with Crippen LogP contribution >= 0.6 is 0 Å². The van der Waals surface area contributed by atoms with E-state index in [0.717, 1.165) is 31.2 Å². The van der Waals surface area contributed by atoms with Crippen molar-refractivity contribution in [2.45, 2.75) is 32.1 Å². The van der Waals surface area contributed by atoms with Gasteiger partial charge in [-0.25, -0.2) is 0 Å². The molecule has 0 spiro atoms. The Morgan fingerprint density at radius 3 is 2.58 bits per heavy atom. The van der Waals surface area contributed by atoms with E-state index in [-0.39, 0.29) is 0 Å². The largest absolute Gasteiger partial charge is 0.481 e. The highest BCUT2D eigenvalue weighted by Gasteiger charge is 2.27. The van der Waals surface area contributed by atoms with Crippen LogP contribution in [0.1, 0.15) is 32.1 Å². The van der Waals surface area contributed by atoms with Gasteiger partial charge < -0.3 is 10.8 Å². The summed E-state index contributed by atoms with van der Waals surface area (Å²) in [5.74, 6) is 0.808. The Morgan fingerprint density at radius 1 is 1.42 bits per heavy atom. The van der Waals surface area contributed by atoms with Gasteiger partial charge in [0.25, 0.3) is 0 Å². The van der Waals surface area contributed by atoms with Crippen LogP contribution in [0.5, 0.6) is 0 Å². The second-order valence-corrected chi connectivity index (χ2v) is 3.73. The lowest BCUT2D eigenvalue weighted by Crippen LogP contribution is -2.29. The highest BCUT2D eigenvalue weighted by Crippen LogP contribution is 2.36. The number of carboxylic acid groups (broad SMARTS) is 1. The van der Waals surface area contributed by atoms with E-state index in [9.17, 15) is 4.79 Å². The van der Waals surface area contributed by atoms with Crippen LogP contribution in [0.15, 0.2) is 0 Å². The molecular formula is C9H17NO2. The van der Waals surface area contributed by atoms with Gasteiger partial charge in [-0.2, -0.15) is 0 Å². The predicted molar refractivity (Wildman–Crippen MR) is 46.8 cm³/mol. The van der Waals surface area contributed by atoms with Crippen molar-refractivity contribution in [3.8, 4) is 0 Å². The minimum absolute atomic E-state index is 0.323. The number of hydrogen-bond donors (Lipinski definition) is 2. The molecule has 3 N–H and O–H groups in total. The average Bonchev–Trinajstić information content (AvgIpc) is 1.93. The molecular weight excluding hydrogens is 154 g/mol.